The predicted molar refractivity (Wildman–Crippen MR) is 152 cm³/mol. The lowest BCUT2D eigenvalue weighted by Crippen LogP contribution is -2.54. The van der Waals surface area contributed by atoms with Gasteiger partial charge in [-0.15, -0.1) is 0 Å². The van der Waals surface area contributed by atoms with Gasteiger partial charge in [-0.1, -0.05) is 12.1 Å². The number of carbonyl (C=O) groups is 4. The van der Waals surface area contributed by atoms with Crippen molar-refractivity contribution < 1.29 is 33.4 Å². The zero-order valence-electron chi connectivity index (χ0n) is 24.9. The summed E-state index contributed by atoms with van der Waals surface area (Å²) in [6.45, 7) is 13.3. The van der Waals surface area contributed by atoms with Gasteiger partial charge in [-0.25, -0.2) is 14.4 Å². The molecule has 40 heavy (non-hydrogen) atoms. The number of hydrogen-bond acceptors (Lipinski definition) is 7. The van der Waals surface area contributed by atoms with Gasteiger partial charge in [0.1, 0.15) is 0 Å². The maximum Gasteiger partial charge on any atom is 0.410 e. The second-order valence-corrected chi connectivity index (χ2v) is 10.2. The number of nitrogens with zero attached hydrogens (tertiary/aromatic N) is 3. The average Bonchev–Trinajstić information content (AvgIpc) is 2.88. The molecule has 1 fully saturated rings. The molecular formula is C29H46N4O7. The van der Waals surface area contributed by atoms with E-state index in [0.717, 1.165) is 16.8 Å². The zero-order chi connectivity index (χ0) is 29.7. The minimum atomic E-state index is -0.729. The third-order valence-corrected chi connectivity index (χ3v) is 6.96. The van der Waals surface area contributed by atoms with E-state index in [-0.39, 0.29) is 25.7 Å². The fourth-order valence-electron chi connectivity index (χ4n) is 4.97. The Kier molecular flexibility index (Phi) is 13.0. The Hall–Kier alpha value is -3.50. The molecule has 224 valence electrons. The summed E-state index contributed by atoms with van der Waals surface area (Å²) in [6.07, 6.45) is 0.795. The summed E-state index contributed by atoms with van der Waals surface area (Å²) in [5, 5.41) is 2.83. The molecule has 1 saturated heterocycles. The van der Waals surface area contributed by atoms with Crippen molar-refractivity contribution >= 4 is 29.9 Å². The smallest absolute Gasteiger partial charge is 0.410 e. The van der Waals surface area contributed by atoms with E-state index < -0.39 is 23.8 Å². The van der Waals surface area contributed by atoms with Crippen molar-refractivity contribution in [1.82, 2.24) is 14.7 Å². The third-order valence-electron chi connectivity index (χ3n) is 6.96. The van der Waals surface area contributed by atoms with Gasteiger partial charge in [-0.2, -0.15) is 0 Å². The van der Waals surface area contributed by atoms with Gasteiger partial charge in [0.25, 0.3) is 0 Å². The van der Waals surface area contributed by atoms with Crippen LogP contribution in [0.5, 0.6) is 0 Å². The molecule has 0 bridgehead atoms. The molecule has 1 unspecified atom stereocenters. The van der Waals surface area contributed by atoms with E-state index in [1.807, 2.05) is 32.0 Å². The molecule has 1 aromatic carbocycles. The fraction of sp³-hybridized carbons (Fsp3) is 0.655. The Morgan fingerprint density at radius 3 is 1.88 bits per heavy atom. The lowest BCUT2D eigenvalue weighted by molar-refractivity contribution is -0.114. The van der Waals surface area contributed by atoms with Gasteiger partial charge in [0.05, 0.1) is 19.8 Å². The third kappa shape index (κ3) is 9.60. The molecule has 1 aromatic rings. The molecule has 1 N–H and O–H groups in total. The van der Waals surface area contributed by atoms with Crippen LogP contribution in [-0.4, -0.2) is 97.0 Å². The minimum absolute atomic E-state index is 0.147. The summed E-state index contributed by atoms with van der Waals surface area (Å²) >= 11 is 0. The maximum atomic E-state index is 13.3. The van der Waals surface area contributed by atoms with Crippen LogP contribution in [0.1, 0.15) is 65.0 Å². The summed E-state index contributed by atoms with van der Waals surface area (Å²) in [7, 11) is 0. The van der Waals surface area contributed by atoms with Gasteiger partial charge in [0, 0.05) is 50.9 Å². The first-order valence-corrected chi connectivity index (χ1v) is 14.2. The number of carbonyl (C=O) groups excluding carboxylic acids is 4. The molecule has 1 heterocycles. The van der Waals surface area contributed by atoms with Crippen molar-refractivity contribution in [2.75, 3.05) is 57.9 Å². The number of ether oxygens (including phenoxy) is 3. The minimum Gasteiger partial charge on any atom is -0.450 e. The number of hydrogen-bond donors (Lipinski definition) is 1. The Balaban J connectivity index is 2.46. The highest BCUT2D eigenvalue weighted by Crippen LogP contribution is 2.29. The summed E-state index contributed by atoms with van der Waals surface area (Å²) in [5.41, 5.74) is 1.89. The van der Waals surface area contributed by atoms with Crippen LogP contribution in [0.3, 0.4) is 0 Å². The van der Waals surface area contributed by atoms with E-state index in [0.29, 0.717) is 58.4 Å². The van der Waals surface area contributed by atoms with Gasteiger partial charge in [-0.05, 0) is 77.5 Å². The largest absolute Gasteiger partial charge is 0.450 e. The highest BCUT2D eigenvalue weighted by atomic mass is 16.6. The molecular weight excluding hydrogens is 516 g/mol. The molecule has 0 spiro atoms. The van der Waals surface area contributed by atoms with Crippen molar-refractivity contribution in [2.24, 2.45) is 0 Å². The van der Waals surface area contributed by atoms with Crippen LogP contribution in [0.25, 0.3) is 0 Å². The van der Waals surface area contributed by atoms with Crippen LogP contribution in [0.2, 0.25) is 0 Å². The Morgan fingerprint density at radius 2 is 1.35 bits per heavy atom. The Labute approximate surface area is 238 Å². The number of amides is 4. The maximum absolute atomic E-state index is 13.3. The van der Waals surface area contributed by atoms with Crippen LogP contribution in [0.15, 0.2) is 18.2 Å². The topological polar surface area (TPSA) is 118 Å². The van der Waals surface area contributed by atoms with E-state index in [2.05, 4.69) is 5.32 Å². The van der Waals surface area contributed by atoms with Gasteiger partial charge >= 0.3 is 18.3 Å². The highest BCUT2D eigenvalue weighted by Gasteiger charge is 2.38. The van der Waals surface area contributed by atoms with Crippen LogP contribution in [-0.2, 0) is 25.4 Å². The second kappa shape index (κ2) is 15.9. The lowest BCUT2D eigenvalue weighted by atomic mass is 9.86. The molecule has 1 atom stereocenters. The van der Waals surface area contributed by atoms with Crippen LogP contribution >= 0.6 is 0 Å². The van der Waals surface area contributed by atoms with E-state index in [9.17, 15) is 19.2 Å². The highest BCUT2D eigenvalue weighted by molar-refractivity contribution is 5.89. The molecule has 11 heteroatoms. The standard InChI is InChI=1S/C29H46N4O7/c1-7-38-26(35)31-15-10-16-32(27(36)39-8-2)19-14-29(6,33(18-11-17-31)28(37)40-9-3)21-24-12-13-25(22(4)20-24)30-23(5)34/h12-13,20H,7-11,14-19,21H2,1-6H3,(H,30,34). The molecule has 11 nitrogen and oxygen atoms in total. The molecule has 2 rings (SSSR count). The number of rotatable bonds is 6. The van der Waals surface area contributed by atoms with Crippen molar-refractivity contribution in [3.63, 3.8) is 0 Å². The van der Waals surface area contributed by atoms with Crippen molar-refractivity contribution in [2.45, 2.75) is 72.8 Å². The Bertz CT molecular complexity index is 1020. The molecule has 0 saturated carbocycles. The molecule has 0 radical (unpaired) electrons. The lowest BCUT2D eigenvalue weighted by Gasteiger charge is -2.42. The van der Waals surface area contributed by atoms with Crippen molar-refractivity contribution in [3.8, 4) is 0 Å². The van der Waals surface area contributed by atoms with E-state index in [4.69, 9.17) is 14.2 Å². The van der Waals surface area contributed by atoms with Gasteiger partial charge in [-0.3, -0.25) is 4.79 Å². The SMILES string of the molecule is CCOC(=O)N1CCCN(C(=O)OCC)CCC(C)(Cc2ccc(NC(C)=O)c(C)c2)N(C(=O)OCC)CCC1. The molecule has 0 aliphatic carbocycles. The van der Waals surface area contributed by atoms with Crippen molar-refractivity contribution in [1.29, 1.82) is 0 Å². The fourth-order valence-corrected chi connectivity index (χ4v) is 4.97. The van der Waals surface area contributed by atoms with E-state index in [1.54, 1.807) is 35.5 Å². The van der Waals surface area contributed by atoms with E-state index >= 15 is 0 Å². The number of anilines is 1. The first kappa shape index (κ1) is 32.7. The summed E-state index contributed by atoms with van der Waals surface area (Å²) in [4.78, 5) is 55.4. The molecule has 0 aromatic heterocycles. The van der Waals surface area contributed by atoms with Gasteiger partial charge in [0.2, 0.25) is 5.91 Å². The first-order chi connectivity index (χ1) is 19.0. The first-order valence-electron chi connectivity index (χ1n) is 14.2. The summed E-state index contributed by atoms with van der Waals surface area (Å²) < 4.78 is 16.0. The molecule has 1 aliphatic rings. The number of nitrogens with one attached hydrogen (secondary N) is 1. The van der Waals surface area contributed by atoms with E-state index in [1.165, 1.54) is 6.92 Å². The van der Waals surface area contributed by atoms with Crippen LogP contribution in [0.4, 0.5) is 20.1 Å². The van der Waals surface area contributed by atoms with Crippen LogP contribution in [0, 0.1) is 6.92 Å². The van der Waals surface area contributed by atoms with Crippen molar-refractivity contribution in [3.05, 3.63) is 29.3 Å². The Morgan fingerprint density at radius 1 is 0.825 bits per heavy atom. The average molecular weight is 563 g/mol. The summed E-state index contributed by atoms with van der Waals surface area (Å²) in [6, 6.07) is 5.80. The predicted octanol–water partition coefficient (Wildman–Crippen LogP) is 4.81. The number of aryl methyl sites for hydroxylation is 1. The molecule has 1 aliphatic heterocycles. The number of benzene rings is 1. The van der Waals surface area contributed by atoms with Gasteiger partial charge < -0.3 is 34.2 Å². The summed E-state index contributed by atoms with van der Waals surface area (Å²) in [5.74, 6) is -0.147. The monoisotopic (exact) mass is 562 g/mol. The molecule has 4 amide bonds. The zero-order valence-corrected chi connectivity index (χ0v) is 24.9. The second-order valence-electron chi connectivity index (χ2n) is 10.2. The van der Waals surface area contributed by atoms with Crippen LogP contribution < -0.4 is 5.32 Å². The van der Waals surface area contributed by atoms with Gasteiger partial charge in [0.15, 0.2) is 0 Å². The normalized spacial score (nSPS) is 18.7. The quantitative estimate of drug-likeness (QED) is 0.494.